The van der Waals surface area contributed by atoms with Crippen LogP contribution in [0.15, 0.2) is 6.07 Å². The Bertz CT molecular complexity index is 423. The van der Waals surface area contributed by atoms with E-state index >= 15 is 0 Å². The summed E-state index contributed by atoms with van der Waals surface area (Å²) in [5, 5.41) is 0.931. The van der Waals surface area contributed by atoms with Gasteiger partial charge < -0.3 is 4.90 Å². The molecule has 0 saturated carbocycles. The molecule has 1 heterocycles. The molecule has 0 radical (unpaired) electrons. The Morgan fingerprint density at radius 1 is 1.37 bits per heavy atom. The molecule has 108 valence electrons. The summed E-state index contributed by atoms with van der Waals surface area (Å²) in [5.74, 6) is 0. The van der Waals surface area contributed by atoms with Crippen molar-refractivity contribution < 1.29 is 4.79 Å². The Balaban J connectivity index is 2.91. The second kappa shape index (κ2) is 6.37. The molecule has 0 fully saturated rings. The third kappa shape index (κ3) is 3.93. The lowest BCUT2D eigenvalue weighted by Crippen LogP contribution is -2.41. The van der Waals surface area contributed by atoms with Crippen molar-refractivity contribution in [2.24, 2.45) is 0 Å². The highest BCUT2D eigenvalue weighted by Crippen LogP contribution is 2.29. The summed E-state index contributed by atoms with van der Waals surface area (Å²) < 4.78 is 4.47. The predicted molar refractivity (Wildman–Crippen MR) is 82.2 cm³/mol. The molecule has 0 saturated heterocycles. The third-order valence-corrected chi connectivity index (χ3v) is 3.78. The summed E-state index contributed by atoms with van der Waals surface area (Å²) in [7, 11) is 1.85. The van der Waals surface area contributed by atoms with Gasteiger partial charge in [-0.05, 0) is 30.9 Å². The molecule has 4 nitrogen and oxygen atoms in total. The average Bonchev–Trinajstić information content (AvgIpc) is 2.79. The van der Waals surface area contributed by atoms with E-state index in [2.05, 4.69) is 32.1 Å². The molecule has 1 aromatic heterocycles. The fourth-order valence-corrected chi connectivity index (χ4v) is 2.76. The predicted octanol–water partition coefficient (Wildman–Crippen LogP) is 3.73. The van der Waals surface area contributed by atoms with E-state index in [1.54, 1.807) is 9.80 Å². The number of rotatable bonds is 4. The van der Waals surface area contributed by atoms with Crippen LogP contribution in [-0.4, -0.2) is 35.4 Å². The fraction of sp³-hybridized carbons (Fsp3) is 0.714. The highest BCUT2D eigenvalue weighted by Gasteiger charge is 2.23. The van der Waals surface area contributed by atoms with E-state index in [0.29, 0.717) is 6.54 Å². The largest absolute Gasteiger partial charge is 0.327 e. The van der Waals surface area contributed by atoms with Crippen molar-refractivity contribution in [3.8, 4) is 0 Å². The molecule has 1 aromatic rings. The molecule has 2 amide bonds. The number of amides is 2. The number of hydrogen-bond donors (Lipinski definition) is 0. The quantitative estimate of drug-likeness (QED) is 0.844. The van der Waals surface area contributed by atoms with E-state index in [4.69, 9.17) is 0 Å². The van der Waals surface area contributed by atoms with Gasteiger partial charge in [0.2, 0.25) is 0 Å². The van der Waals surface area contributed by atoms with Gasteiger partial charge in [0.25, 0.3) is 0 Å². The van der Waals surface area contributed by atoms with Crippen molar-refractivity contribution in [3.63, 3.8) is 0 Å². The number of nitrogens with zero attached hydrogens (tertiary/aromatic N) is 3. The Labute approximate surface area is 120 Å². The summed E-state index contributed by atoms with van der Waals surface area (Å²) in [6.07, 6.45) is 0.968. The maximum atomic E-state index is 12.4. The number of urea groups is 1. The molecule has 0 atom stereocenters. The Hall–Kier alpha value is -1.10. The number of carbonyl (C=O) groups excluding carboxylic acids is 1. The molecule has 0 N–H and O–H groups in total. The lowest BCUT2D eigenvalue weighted by atomic mass is 9.92. The Kier molecular flexibility index (Phi) is 5.35. The van der Waals surface area contributed by atoms with Crippen LogP contribution >= 0.6 is 11.5 Å². The van der Waals surface area contributed by atoms with Crippen molar-refractivity contribution in [1.82, 2.24) is 9.27 Å². The van der Waals surface area contributed by atoms with E-state index in [1.807, 2.05) is 20.0 Å². The van der Waals surface area contributed by atoms with Gasteiger partial charge in [-0.3, -0.25) is 4.90 Å². The van der Waals surface area contributed by atoms with Gasteiger partial charge in [0, 0.05) is 25.6 Å². The zero-order valence-corrected chi connectivity index (χ0v) is 13.7. The van der Waals surface area contributed by atoms with Crippen molar-refractivity contribution in [2.75, 3.05) is 25.0 Å². The topological polar surface area (TPSA) is 36.4 Å². The highest BCUT2D eigenvalue weighted by molar-refractivity contribution is 7.10. The van der Waals surface area contributed by atoms with Gasteiger partial charge in [0.05, 0.1) is 5.69 Å². The minimum Gasteiger partial charge on any atom is -0.327 e. The van der Waals surface area contributed by atoms with Crippen molar-refractivity contribution in [3.05, 3.63) is 11.8 Å². The summed E-state index contributed by atoms with van der Waals surface area (Å²) in [4.78, 5) is 15.9. The number of anilines is 1. The second-order valence-electron chi connectivity index (χ2n) is 5.75. The maximum Gasteiger partial charge on any atom is 0.324 e. The molecular formula is C14H25N3OS. The van der Waals surface area contributed by atoms with Gasteiger partial charge in [0.1, 0.15) is 5.00 Å². The Morgan fingerprint density at radius 2 is 2.00 bits per heavy atom. The van der Waals surface area contributed by atoms with E-state index in [9.17, 15) is 4.79 Å². The van der Waals surface area contributed by atoms with Gasteiger partial charge in [-0.15, -0.1) is 0 Å². The molecule has 19 heavy (non-hydrogen) atoms. The number of aromatic nitrogens is 1. The molecule has 0 aliphatic heterocycles. The first-order chi connectivity index (χ1) is 8.81. The summed E-state index contributed by atoms with van der Waals surface area (Å²) >= 11 is 1.40. The van der Waals surface area contributed by atoms with E-state index in [0.717, 1.165) is 23.7 Å². The van der Waals surface area contributed by atoms with Crippen LogP contribution in [0.4, 0.5) is 9.80 Å². The minimum atomic E-state index is 0.0204. The first kappa shape index (κ1) is 16.0. The third-order valence-electron chi connectivity index (χ3n) is 2.96. The molecule has 5 heteroatoms. The number of hydrogen-bond acceptors (Lipinski definition) is 3. The van der Waals surface area contributed by atoms with Crippen LogP contribution in [0.3, 0.4) is 0 Å². The van der Waals surface area contributed by atoms with E-state index in [1.165, 1.54) is 11.5 Å². The first-order valence-corrected chi connectivity index (χ1v) is 7.58. The van der Waals surface area contributed by atoms with Crippen molar-refractivity contribution in [2.45, 2.75) is 46.5 Å². The van der Waals surface area contributed by atoms with Crippen LogP contribution in [0.2, 0.25) is 0 Å². The molecular weight excluding hydrogens is 258 g/mol. The van der Waals surface area contributed by atoms with Crippen LogP contribution in [0.1, 0.15) is 46.7 Å². The summed E-state index contributed by atoms with van der Waals surface area (Å²) in [6.45, 7) is 11.9. The van der Waals surface area contributed by atoms with Crippen LogP contribution in [0.25, 0.3) is 0 Å². The van der Waals surface area contributed by atoms with Gasteiger partial charge in [-0.2, -0.15) is 4.37 Å². The van der Waals surface area contributed by atoms with Gasteiger partial charge in [-0.1, -0.05) is 27.7 Å². The first-order valence-electron chi connectivity index (χ1n) is 6.81. The van der Waals surface area contributed by atoms with Crippen LogP contribution in [0.5, 0.6) is 0 Å². The maximum absolute atomic E-state index is 12.4. The zero-order valence-electron chi connectivity index (χ0n) is 12.9. The van der Waals surface area contributed by atoms with Crippen LogP contribution < -0.4 is 4.90 Å². The lowest BCUT2D eigenvalue weighted by Gasteiger charge is -2.25. The molecule has 0 aliphatic rings. The highest BCUT2D eigenvalue weighted by atomic mass is 32.1. The lowest BCUT2D eigenvalue weighted by molar-refractivity contribution is 0.216. The van der Waals surface area contributed by atoms with Crippen molar-refractivity contribution in [1.29, 1.82) is 0 Å². The second-order valence-corrected chi connectivity index (χ2v) is 6.53. The fourth-order valence-electron chi connectivity index (χ4n) is 1.77. The smallest absolute Gasteiger partial charge is 0.324 e. The van der Waals surface area contributed by atoms with Crippen molar-refractivity contribution >= 4 is 22.6 Å². The zero-order chi connectivity index (χ0) is 14.6. The normalized spacial score (nSPS) is 11.5. The molecule has 0 aromatic carbocycles. The molecule has 0 bridgehead atoms. The number of carbonyl (C=O) groups is 1. The SMILES string of the molecule is CCCN(C)C(=O)N(CC)c1cc(C(C)(C)C)ns1. The van der Waals surface area contributed by atoms with Crippen LogP contribution in [-0.2, 0) is 5.41 Å². The Morgan fingerprint density at radius 3 is 2.42 bits per heavy atom. The van der Waals surface area contributed by atoms with Gasteiger partial charge in [-0.25, -0.2) is 4.79 Å². The van der Waals surface area contributed by atoms with Gasteiger partial charge in [0.15, 0.2) is 0 Å². The summed E-state index contributed by atoms with van der Waals surface area (Å²) in [5.41, 5.74) is 1.06. The minimum absolute atomic E-state index is 0.0204. The standard InChI is InChI=1S/C14H25N3OS/c1-7-9-16(6)13(18)17(8-2)12-10-11(15-19-12)14(3,4)5/h10H,7-9H2,1-6H3. The van der Waals surface area contributed by atoms with Gasteiger partial charge >= 0.3 is 6.03 Å². The average molecular weight is 283 g/mol. The molecule has 0 unspecified atom stereocenters. The molecule has 0 aliphatic carbocycles. The monoisotopic (exact) mass is 283 g/mol. The summed E-state index contributed by atoms with van der Waals surface area (Å²) in [6, 6.07) is 2.08. The molecule has 1 rings (SSSR count). The van der Waals surface area contributed by atoms with E-state index in [-0.39, 0.29) is 11.4 Å². The molecule has 0 spiro atoms. The van der Waals surface area contributed by atoms with Crippen LogP contribution in [0, 0.1) is 0 Å². The van der Waals surface area contributed by atoms with E-state index < -0.39 is 0 Å².